The zero-order chi connectivity index (χ0) is 19.7. The standard InChI is InChI=1S/C19H23N5O3S/c20-28(26,27)16-11-21-24(13-16)9-7-19(25)23-8-3-5-15(12-23)18-10-14-4-1-2-6-17(14)22-18/h1-2,4,6,10-11,13,15,22H,3,5,7-9,12H2,(H2,20,26,27). The monoisotopic (exact) mass is 401 g/mol. The predicted octanol–water partition coefficient (Wildman–Crippen LogP) is 1.81. The van der Waals surface area contributed by atoms with Gasteiger partial charge in [0.05, 0.1) is 6.20 Å². The van der Waals surface area contributed by atoms with Gasteiger partial charge in [-0.2, -0.15) is 5.10 Å². The van der Waals surface area contributed by atoms with Crippen LogP contribution in [0.4, 0.5) is 0 Å². The third-order valence-corrected chi connectivity index (χ3v) is 6.13. The number of carbonyl (C=O) groups is 1. The van der Waals surface area contributed by atoms with Gasteiger partial charge in [0.15, 0.2) is 0 Å². The molecule has 3 heterocycles. The average molecular weight is 401 g/mol. The van der Waals surface area contributed by atoms with Gasteiger partial charge < -0.3 is 9.88 Å². The van der Waals surface area contributed by atoms with E-state index < -0.39 is 10.0 Å². The molecule has 3 aromatic rings. The highest BCUT2D eigenvalue weighted by molar-refractivity contribution is 7.89. The van der Waals surface area contributed by atoms with E-state index in [1.807, 2.05) is 17.0 Å². The highest BCUT2D eigenvalue weighted by atomic mass is 32.2. The number of nitrogens with one attached hydrogen (secondary N) is 1. The Labute approximate surface area is 163 Å². The maximum Gasteiger partial charge on any atom is 0.241 e. The number of amides is 1. The molecule has 0 spiro atoms. The number of sulfonamides is 1. The molecule has 9 heteroatoms. The van der Waals surface area contributed by atoms with Crippen molar-refractivity contribution in [2.75, 3.05) is 13.1 Å². The molecule has 1 saturated heterocycles. The number of nitrogens with zero attached hydrogens (tertiary/aromatic N) is 3. The van der Waals surface area contributed by atoms with Gasteiger partial charge >= 0.3 is 0 Å². The molecule has 0 saturated carbocycles. The Kier molecular flexibility index (Phi) is 4.94. The Hall–Kier alpha value is -2.65. The van der Waals surface area contributed by atoms with Crippen LogP contribution in [0, 0.1) is 0 Å². The third-order valence-electron chi connectivity index (χ3n) is 5.26. The average Bonchev–Trinajstić information content (AvgIpc) is 3.33. The van der Waals surface area contributed by atoms with E-state index in [9.17, 15) is 13.2 Å². The number of H-pyrrole nitrogens is 1. The first kappa shape index (κ1) is 18.7. The number of aromatic amines is 1. The maximum absolute atomic E-state index is 12.7. The Morgan fingerprint density at radius 3 is 2.89 bits per heavy atom. The Morgan fingerprint density at radius 2 is 2.14 bits per heavy atom. The molecule has 1 fully saturated rings. The van der Waals surface area contributed by atoms with Crippen LogP contribution in [0.5, 0.6) is 0 Å². The molecular formula is C19H23N5O3S. The van der Waals surface area contributed by atoms with Gasteiger partial charge in [-0.25, -0.2) is 13.6 Å². The molecule has 2 aromatic heterocycles. The molecule has 28 heavy (non-hydrogen) atoms. The van der Waals surface area contributed by atoms with Gasteiger partial charge in [0.2, 0.25) is 15.9 Å². The molecule has 0 radical (unpaired) electrons. The van der Waals surface area contributed by atoms with E-state index in [2.05, 4.69) is 28.3 Å². The van der Waals surface area contributed by atoms with E-state index in [-0.39, 0.29) is 17.2 Å². The summed E-state index contributed by atoms with van der Waals surface area (Å²) in [5, 5.41) is 10.2. The SMILES string of the molecule is NS(=O)(=O)c1cnn(CCC(=O)N2CCCC(c3cc4ccccc4[nH]3)C2)c1. The van der Waals surface area contributed by atoms with Crippen molar-refractivity contribution in [2.24, 2.45) is 5.14 Å². The van der Waals surface area contributed by atoms with Crippen LogP contribution in [0.1, 0.15) is 30.9 Å². The number of primary sulfonamides is 1. The number of carbonyl (C=O) groups excluding carboxylic acids is 1. The van der Waals surface area contributed by atoms with E-state index in [4.69, 9.17) is 5.14 Å². The summed E-state index contributed by atoms with van der Waals surface area (Å²) >= 11 is 0. The van der Waals surface area contributed by atoms with E-state index in [0.717, 1.165) is 24.9 Å². The van der Waals surface area contributed by atoms with Crippen molar-refractivity contribution in [3.8, 4) is 0 Å². The van der Waals surface area contributed by atoms with Gasteiger partial charge in [0.25, 0.3) is 0 Å². The molecule has 8 nitrogen and oxygen atoms in total. The summed E-state index contributed by atoms with van der Waals surface area (Å²) in [4.78, 5) is 18.0. The lowest BCUT2D eigenvalue weighted by atomic mass is 9.94. The summed E-state index contributed by atoms with van der Waals surface area (Å²) in [5.41, 5.74) is 2.29. The van der Waals surface area contributed by atoms with Gasteiger partial charge in [-0.05, 0) is 30.4 Å². The van der Waals surface area contributed by atoms with Crippen molar-refractivity contribution in [3.63, 3.8) is 0 Å². The second kappa shape index (κ2) is 7.40. The van der Waals surface area contributed by atoms with Crippen LogP contribution in [0.2, 0.25) is 0 Å². The first-order valence-electron chi connectivity index (χ1n) is 9.31. The van der Waals surface area contributed by atoms with Gasteiger partial charge in [-0.3, -0.25) is 9.48 Å². The molecule has 1 atom stereocenters. The fourth-order valence-electron chi connectivity index (χ4n) is 3.76. The third kappa shape index (κ3) is 3.95. The smallest absolute Gasteiger partial charge is 0.241 e. The number of benzene rings is 1. The first-order valence-corrected chi connectivity index (χ1v) is 10.9. The number of likely N-dealkylation sites (tertiary alicyclic amines) is 1. The number of hydrogen-bond acceptors (Lipinski definition) is 4. The lowest BCUT2D eigenvalue weighted by Crippen LogP contribution is -2.39. The Balaban J connectivity index is 1.38. The lowest BCUT2D eigenvalue weighted by Gasteiger charge is -2.32. The second-order valence-electron chi connectivity index (χ2n) is 7.22. The van der Waals surface area contributed by atoms with Gasteiger partial charge in [-0.15, -0.1) is 0 Å². The fraction of sp³-hybridized carbons (Fsp3) is 0.368. The van der Waals surface area contributed by atoms with Crippen molar-refractivity contribution in [1.29, 1.82) is 0 Å². The molecule has 1 aliphatic rings. The normalized spacial score (nSPS) is 17.9. The van der Waals surface area contributed by atoms with Crippen LogP contribution in [0.15, 0.2) is 47.6 Å². The number of para-hydroxylation sites is 1. The highest BCUT2D eigenvalue weighted by Gasteiger charge is 2.25. The number of aromatic nitrogens is 3. The molecule has 148 valence electrons. The molecule has 4 rings (SSSR count). The van der Waals surface area contributed by atoms with Crippen LogP contribution in [0.25, 0.3) is 10.9 Å². The zero-order valence-electron chi connectivity index (χ0n) is 15.4. The summed E-state index contributed by atoms with van der Waals surface area (Å²) in [6.45, 7) is 1.76. The molecule has 0 aliphatic carbocycles. The zero-order valence-corrected chi connectivity index (χ0v) is 16.2. The Bertz CT molecular complexity index is 1070. The molecule has 0 bridgehead atoms. The number of piperidine rings is 1. The summed E-state index contributed by atoms with van der Waals surface area (Å²) in [6.07, 6.45) is 4.83. The molecule has 1 aromatic carbocycles. The molecule has 3 N–H and O–H groups in total. The van der Waals surface area contributed by atoms with Gasteiger partial charge in [0, 0.05) is 49.4 Å². The minimum absolute atomic E-state index is 0.0446. The second-order valence-corrected chi connectivity index (χ2v) is 8.79. The van der Waals surface area contributed by atoms with Crippen LogP contribution in [-0.4, -0.2) is 47.1 Å². The number of hydrogen-bond donors (Lipinski definition) is 2. The van der Waals surface area contributed by atoms with E-state index in [1.165, 1.54) is 28.2 Å². The van der Waals surface area contributed by atoms with Gasteiger partial charge in [-0.1, -0.05) is 18.2 Å². The number of nitrogens with two attached hydrogens (primary N) is 1. The number of aryl methyl sites for hydroxylation is 1. The van der Waals surface area contributed by atoms with Crippen molar-refractivity contribution < 1.29 is 13.2 Å². The van der Waals surface area contributed by atoms with Crippen molar-refractivity contribution >= 4 is 26.8 Å². The fourth-order valence-corrected chi connectivity index (χ4v) is 4.22. The quantitative estimate of drug-likeness (QED) is 0.678. The van der Waals surface area contributed by atoms with Crippen LogP contribution < -0.4 is 5.14 Å². The van der Waals surface area contributed by atoms with E-state index in [1.54, 1.807) is 0 Å². The summed E-state index contributed by atoms with van der Waals surface area (Å²) in [7, 11) is -3.77. The van der Waals surface area contributed by atoms with E-state index >= 15 is 0 Å². The lowest BCUT2D eigenvalue weighted by molar-refractivity contribution is -0.132. The first-order chi connectivity index (χ1) is 13.4. The van der Waals surface area contributed by atoms with Gasteiger partial charge in [0.1, 0.15) is 4.90 Å². The molecule has 1 amide bonds. The minimum Gasteiger partial charge on any atom is -0.358 e. The molecular weight excluding hydrogens is 378 g/mol. The molecule has 1 unspecified atom stereocenters. The van der Waals surface area contributed by atoms with Crippen LogP contribution >= 0.6 is 0 Å². The Morgan fingerprint density at radius 1 is 1.32 bits per heavy atom. The highest BCUT2D eigenvalue weighted by Crippen LogP contribution is 2.29. The summed E-state index contributed by atoms with van der Waals surface area (Å²) < 4.78 is 24.1. The van der Waals surface area contributed by atoms with Crippen molar-refractivity contribution in [1.82, 2.24) is 19.7 Å². The maximum atomic E-state index is 12.7. The van der Waals surface area contributed by atoms with Crippen molar-refractivity contribution in [3.05, 3.63) is 48.4 Å². The number of fused-ring (bicyclic) bond motifs is 1. The topological polar surface area (TPSA) is 114 Å². The predicted molar refractivity (Wildman–Crippen MR) is 105 cm³/mol. The largest absolute Gasteiger partial charge is 0.358 e. The summed E-state index contributed by atoms with van der Waals surface area (Å²) in [6, 6.07) is 10.3. The van der Waals surface area contributed by atoms with Crippen LogP contribution in [0.3, 0.4) is 0 Å². The molecule has 1 aliphatic heterocycles. The van der Waals surface area contributed by atoms with Crippen LogP contribution in [-0.2, 0) is 21.4 Å². The minimum atomic E-state index is -3.77. The van der Waals surface area contributed by atoms with Crippen molar-refractivity contribution in [2.45, 2.75) is 36.6 Å². The summed E-state index contributed by atoms with van der Waals surface area (Å²) in [5.74, 6) is 0.345. The number of rotatable bonds is 5. The van der Waals surface area contributed by atoms with E-state index in [0.29, 0.717) is 19.0 Å².